The number of para-hydroxylation sites is 9. The average Bonchev–Trinajstić information content (AvgIpc) is 1.48. The molecule has 3 heterocycles. The Labute approximate surface area is 709 Å². The Balaban J connectivity index is 0.672. The highest BCUT2D eigenvalue weighted by atomic mass is 16.3. The molecule has 4 aliphatic rings. The monoisotopic (exact) mass is 1560 g/mol. The van der Waals surface area contributed by atoms with E-state index in [4.69, 9.17) is 4.42 Å². The van der Waals surface area contributed by atoms with Crippen molar-refractivity contribution in [1.29, 1.82) is 0 Å². The van der Waals surface area contributed by atoms with Gasteiger partial charge >= 0.3 is 0 Å². The number of rotatable bonds is 14. The molecule has 0 fully saturated rings. The highest BCUT2D eigenvalue weighted by molar-refractivity contribution is 6.12. The lowest BCUT2D eigenvalue weighted by Gasteiger charge is -2.45. The van der Waals surface area contributed by atoms with Crippen molar-refractivity contribution >= 4 is 107 Å². The van der Waals surface area contributed by atoms with Crippen molar-refractivity contribution < 1.29 is 4.42 Å². The fraction of sp³-hybridized carbons (Fsp3) is 0.0172. The Bertz CT molecular complexity index is 7340. The van der Waals surface area contributed by atoms with E-state index in [1.165, 1.54) is 66.8 Å². The third-order valence-corrected chi connectivity index (χ3v) is 25.8. The molecule has 0 amide bonds. The van der Waals surface area contributed by atoms with Crippen LogP contribution in [0.25, 0.3) is 77.6 Å². The maximum atomic E-state index is 7.54. The highest BCUT2D eigenvalue weighted by Crippen LogP contribution is 2.68. The average molecular weight is 1560 g/mol. The van der Waals surface area contributed by atoms with Crippen LogP contribution in [0.3, 0.4) is 0 Å². The van der Waals surface area contributed by atoms with E-state index in [0.29, 0.717) is 0 Å². The van der Waals surface area contributed by atoms with E-state index >= 15 is 0 Å². The molecule has 0 saturated carbocycles. The van der Waals surface area contributed by atoms with Crippen LogP contribution in [0, 0.1) is 0 Å². The predicted molar refractivity (Wildman–Crippen MR) is 505 cm³/mol. The van der Waals surface area contributed by atoms with Crippen molar-refractivity contribution in [2.24, 2.45) is 0 Å². The van der Waals surface area contributed by atoms with Gasteiger partial charge in [-0.2, -0.15) is 0 Å². The zero-order valence-electron chi connectivity index (χ0n) is 66.6. The summed E-state index contributed by atoms with van der Waals surface area (Å²) in [5.41, 5.74) is 37.5. The standard InChI is InChI=1S/C116H77N5O/c1-9-35-78(36-10-1)97-73-79(64-70-106(97)118(83-39-13-3-14-40-83)84-41-15-4-16-42-84)80-65-71-108-104(74-80)115(98-56-28-25-51-92(98)93-52-26-29-57-99(93)115)102-69-63-81(75-111(102)121(108)88-49-23-8-24-50-88)91-54-33-55-95-94-68-66-90(77-112(94)122-114(91)95)117(82-37-11-2-12-38-82)89-67-72-109-105(76-89)116(101-59-31-32-61-107(101)120(109)87-47-21-7-22-48-87)100-58-30-27-53-96(100)113-103(116)60-34-62-110(113)119(85-43-17-5-18-44-85)86-45-19-6-20-46-86/h1-77H. The van der Waals surface area contributed by atoms with Gasteiger partial charge in [-0.3, -0.25) is 0 Å². The Morgan fingerprint density at radius 1 is 0.197 bits per heavy atom. The quantitative estimate of drug-likeness (QED) is 0.108. The molecule has 1 aromatic heterocycles. The molecule has 0 bridgehead atoms. The maximum absolute atomic E-state index is 7.54. The van der Waals surface area contributed by atoms with Crippen molar-refractivity contribution in [3.05, 3.63) is 512 Å². The second-order valence-electron chi connectivity index (χ2n) is 32.1. The van der Waals surface area contributed by atoms with Gasteiger partial charge in [0, 0.05) is 84.7 Å². The number of hydrogen-bond donors (Lipinski definition) is 0. The minimum absolute atomic E-state index is 0.739. The smallest absolute Gasteiger partial charge is 0.143 e. The first-order chi connectivity index (χ1) is 60.6. The van der Waals surface area contributed by atoms with Gasteiger partial charge in [0.05, 0.1) is 45.0 Å². The summed E-state index contributed by atoms with van der Waals surface area (Å²) < 4.78 is 7.54. The van der Waals surface area contributed by atoms with Crippen LogP contribution >= 0.6 is 0 Å². The molecule has 122 heavy (non-hydrogen) atoms. The number of benzene rings is 19. The second kappa shape index (κ2) is 28.4. The van der Waals surface area contributed by atoms with Crippen LogP contribution in [0.1, 0.15) is 44.5 Å². The Kier molecular flexibility index (Phi) is 16.3. The van der Waals surface area contributed by atoms with Crippen LogP contribution in [0.15, 0.2) is 472 Å². The third-order valence-electron chi connectivity index (χ3n) is 25.8. The lowest BCUT2D eigenvalue weighted by molar-refractivity contribution is 0.670. The Morgan fingerprint density at radius 2 is 0.607 bits per heavy atom. The summed E-state index contributed by atoms with van der Waals surface area (Å²) in [6, 6.07) is 172. The van der Waals surface area contributed by atoms with E-state index < -0.39 is 10.8 Å². The highest BCUT2D eigenvalue weighted by Gasteiger charge is 2.55. The molecular formula is C116H77N5O. The van der Waals surface area contributed by atoms with E-state index in [1.807, 2.05) is 0 Å². The van der Waals surface area contributed by atoms with E-state index in [2.05, 4.69) is 492 Å². The van der Waals surface area contributed by atoms with Crippen LogP contribution in [0.4, 0.5) is 85.3 Å². The molecule has 0 saturated heterocycles. The molecule has 6 heteroatoms. The van der Waals surface area contributed by atoms with E-state index in [0.717, 1.165) is 141 Å². The van der Waals surface area contributed by atoms with Crippen LogP contribution in [0.5, 0.6) is 0 Å². The van der Waals surface area contributed by atoms with Gasteiger partial charge in [0.25, 0.3) is 0 Å². The molecule has 2 spiro atoms. The van der Waals surface area contributed by atoms with Gasteiger partial charge in [-0.15, -0.1) is 0 Å². The van der Waals surface area contributed by atoms with E-state index in [9.17, 15) is 0 Å². The lowest BCUT2D eigenvalue weighted by atomic mass is 9.64. The summed E-state index contributed by atoms with van der Waals surface area (Å²) in [6.07, 6.45) is 0. The minimum atomic E-state index is -0.790. The van der Waals surface area contributed by atoms with Gasteiger partial charge in [-0.25, -0.2) is 0 Å². The number of fused-ring (bicyclic) bond motifs is 21. The molecule has 1 atom stereocenters. The molecule has 572 valence electrons. The molecule has 19 aromatic carbocycles. The van der Waals surface area contributed by atoms with Crippen molar-refractivity contribution in [1.82, 2.24) is 0 Å². The largest absolute Gasteiger partial charge is 0.455 e. The molecule has 0 N–H and O–H groups in total. The van der Waals surface area contributed by atoms with Crippen molar-refractivity contribution in [3.8, 4) is 55.6 Å². The van der Waals surface area contributed by atoms with Gasteiger partial charge in [0.2, 0.25) is 0 Å². The summed E-state index contributed by atoms with van der Waals surface area (Å²) in [5.74, 6) is 0. The predicted octanol–water partition coefficient (Wildman–Crippen LogP) is 31.3. The van der Waals surface area contributed by atoms with Crippen LogP contribution < -0.4 is 24.5 Å². The van der Waals surface area contributed by atoms with E-state index in [-0.39, 0.29) is 0 Å². The van der Waals surface area contributed by atoms with Gasteiger partial charge in [0.15, 0.2) is 0 Å². The number of hydrogen-bond acceptors (Lipinski definition) is 6. The summed E-state index contributed by atoms with van der Waals surface area (Å²) in [4.78, 5) is 12.2. The molecule has 6 nitrogen and oxygen atoms in total. The number of furan rings is 1. The Hall–Kier alpha value is -16.0. The molecular weight excluding hydrogens is 1480 g/mol. The SMILES string of the molecule is c1ccc(-c2cc(-c3ccc4c(c3)C3(c5ccccc5-c5ccccc53)c3ccc(-c5cccc6c5oc5cc(N(c7ccccc7)c7ccc8c(c7)C7(c9ccccc9-c9c(N(c%10ccccc%10)c%10ccccc%10)cccc97)c7ccccc7N8c7ccccc7)ccc56)cc3N4c3ccccc3)ccc2N(c2ccccc2)c2ccccc2)cc1. The van der Waals surface area contributed by atoms with Crippen molar-refractivity contribution in [2.75, 3.05) is 24.5 Å². The van der Waals surface area contributed by atoms with Gasteiger partial charge in [0.1, 0.15) is 11.2 Å². The fourth-order valence-corrected chi connectivity index (χ4v) is 20.8. The topological polar surface area (TPSA) is 29.3 Å². The molecule has 2 aliphatic heterocycles. The summed E-state index contributed by atoms with van der Waals surface area (Å²) in [5, 5.41) is 2.08. The molecule has 2 aliphatic carbocycles. The third kappa shape index (κ3) is 10.7. The van der Waals surface area contributed by atoms with Crippen LogP contribution in [-0.4, -0.2) is 0 Å². The first-order valence-corrected chi connectivity index (χ1v) is 42.0. The zero-order chi connectivity index (χ0) is 80.4. The fourth-order valence-electron chi connectivity index (χ4n) is 20.8. The maximum Gasteiger partial charge on any atom is 0.143 e. The number of nitrogens with zero attached hydrogens (tertiary/aromatic N) is 5. The second-order valence-corrected chi connectivity index (χ2v) is 32.1. The normalized spacial score (nSPS) is 14.0. The number of anilines is 15. The van der Waals surface area contributed by atoms with E-state index in [1.54, 1.807) is 0 Å². The van der Waals surface area contributed by atoms with Crippen molar-refractivity contribution in [2.45, 2.75) is 10.8 Å². The van der Waals surface area contributed by atoms with Crippen molar-refractivity contribution in [3.63, 3.8) is 0 Å². The van der Waals surface area contributed by atoms with Gasteiger partial charge < -0.3 is 28.9 Å². The molecule has 20 aromatic rings. The van der Waals surface area contributed by atoms with Gasteiger partial charge in [-0.1, -0.05) is 303 Å². The summed E-state index contributed by atoms with van der Waals surface area (Å²) in [6.45, 7) is 0. The first kappa shape index (κ1) is 70.2. The molecule has 1 unspecified atom stereocenters. The lowest BCUT2D eigenvalue weighted by Crippen LogP contribution is -2.36. The van der Waals surface area contributed by atoms with Gasteiger partial charge in [-0.05, 0) is 241 Å². The van der Waals surface area contributed by atoms with Crippen LogP contribution in [0.2, 0.25) is 0 Å². The van der Waals surface area contributed by atoms with Crippen LogP contribution in [-0.2, 0) is 10.8 Å². The molecule has 0 radical (unpaired) electrons. The summed E-state index contributed by atoms with van der Waals surface area (Å²) in [7, 11) is 0. The summed E-state index contributed by atoms with van der Waals surface area (Å²) >= 11 is 0. The first-order valence-electron chi connectivity index (χ1n) is 42.0. The molecule has 24 rings (SSSR count). The minimum Gasteiger partial charge on any atom is -0.455 e. The Morgan fingerprint density at radius 3 is 1.21 bits per heavy atom. The zero-order valence-corrected chi connectivity index (χ0v) is 66.6.